The molecule has 5 heteroatoms. The Labute approximate surface area is 138 Å². The van der Waals surface area contributed by atoms with E-state index in [-0.39, 0.29) is 5.78 Å². The van der Waals surface area contributed by atoms with Gasteiger partial charge in [0.05, 0.1) is 0 Å². The van der Waals surface area contributed by atoms with Crippen molar-refractivity contribution in [3.05, 3.63) is 35.9 Å². The number of carbonyl (C=O) groups excluding carboxylic acids is 3. The summed E-state index contributed by atoms with van der Waals surface area (Å²) in [6.07, 6.45) is 0. The summed E-state index contributed by atoms with van der Waals surface area (Å²) in [7, 11) is 0. The zero-order valence-corrected chi connectivity index (χ0v) is 14.9. The molecule has 0 aliphatic carbocycles. The Morgan fingerprint density at radius 3 is 1.30 bits per heavy atom. The van der Waals surface area contributed by atoms with Gasteiger partial charge < -0.3 is 9.47 Å². The molecule has 128 valence electrons. The summed E-state index contributed by atoms with van der Waals surface area (Å²) in [6.45, 7) is 11.0. The number of benzene rings is 1. The Bertz CT molecular complexity index is 518. The van der Waals surface area contributed by atoms with Crippen molar-refractivity contribution in [1.29, 1.82) is 0 Å². The number of esters is 2. The monoisotopic (exact) mass is 322 g/mol. The maximum absolute atomic E-state index is 10.8. The number of hydrogen-bond donors (Lipinski definition) is 0. The maximum Gasteiger partial charge on any atom is 0.303 e. The summed E-state index contributed by atoms with van der Waals surface area (Å²) in [6, 6.07) is 9.23. The van der Waals surface area contributed by atoms with E-state index in [4.69, 9.17) is 9.47 Å². The molecule has 0 heterocycles. The van der Waals surface area contributed by atoms with Gasteiger partial charge in [0.15, 0.2) is 5.78 Å². The Hall–Kier alpha value is -2.17. The summed E-state index contributed by atoms with van der Waals surface area (Å²) in [4.78, 5) is 32.3. The zero-order valence-electron chi connectivity index (χ0n) is 14.9. The smallest absolute Gasteiger partial charge is 0.303 e. The normalized spacial score (nSPS) is 10.9. The summed E-state index contributed by atoms with van der Waals surface area (Å²) >= 11 is 0. The van der Waals surface area contributed by atoms with Crippen LogP contribution in [0.5, 0.6) is 0 Å². The predicted octanol–water partition coefficient (Wildman–Crippen LogP) is 3.56. The third-order valence-corrected chi connectivity index (χ3v) is 3.43. The van der Waals surface area contributed by atoms with Crippen LogP contribution in [0.1, 0.15) is 58.8 Å². The Morgan fingerprint density at radius 1 is 0.739 bits per heavy atom. The lowest BCUT2D eigenvalue weighted by atomic mass is 9.89. The zero-order chi connectivity index (χ0) is 18.3. The molecule has 5 nitrogen and oxygen atoms in total. The van der Waals surface area contributed by atoms with Gasteiger partial charge in [0.1, 0.15) is 11.2 Å². The van der Waals surface area contributed by atoms with Crippen molar-refractivity contribution >= 4 is 17.7 Å². The molecule has 0 aliphatic rings. The standard InChI is InChI=1S/C10H18O4.C8H8O/c1-7(11)13-9(3,4)10(5,6)14-8(2)12;1-7(9)8-5-3-2-4-6-8/h1-6H3;2-6H,1H3. The first-order valence-electron chi connectivity index (χ1n) is 7.34. The minimum Gasteiger partial charge on any atom is -0.456 e. The van der Waals surface area contributed by atoms with Crippen LogP contribution in [-0.4, -0.2) is 28.9 Å². The highest BCUT2D eigenvalue weighted by Gasteiger charge is 2.42. The van der Waals surface area contributed by atoms with Crippen LogP contribution in [0.4, 0.5) is 0 Å². The van der Waals surface area contributed by atoms with Crippen LogP contribution >= 0.6 is 0 Å². The van der Waals surface area contributed by atoms with Crippen LogP contribution in [0, 0.1) is 0 Å². The van der Waals surface area contributed by atoms with Gasteiger partial charge in [0.25, 0.3) is 0 Å². The van der Waals surface area contributed by atoms with E-state index >= 15 is 0 Å². The van der Waals surface area contributed by atoms with Gasteiger partial charge in [-0.2, -0.15) is 0 Å². The van der Waals surface area contributed by atoms with Gasteiger partial charge >= 0.3 is 11.9 Å². The van der Waals surface area contributed by atoms with Gasteiger partial charge in [-0.15, -0.1) is 0 Å². The molecule has 0 saturated carbocycles. The van der Waals surface area contributed by atoms with Gasteiger partial charge in [-0.3, -0.25) is 14.4 Å². The first-order valence-corrected chi connectivity index (χ1v) is 7.34. The lowest BCUT2D eigenvalue weighted by Gasteiger charge is -2.39. The molecule has 23 heavy (non-hydrogen) atoms. The first kappa shape index (κ1) is 20.8. The summed E-state index contributed by atoms with van der Waals surface area (Å²) in [5.74, 6) is -0.666. The topological polar surface area (TPSA) is 69.7 Å². The average Bonchev–Trinajstić information content (AvgIpc) is 2.37. The Balaban J connectivity index is 0.000000459. The van der Waals surface area contributed by atoms with Crippen LogP contribution in [0.25, 0.3) is 0 Å². The Kier molecular flexibility index (Phi) is 7.66. The third kappa shape index (κ3) is 7.58. The second-order valence-corrected chi connectivity index (χ2v) is 6.13. The molecule has 0 atom stereocenters. The van der Waals surface area contributed by atoms with Crippen molar-refractivity contribution in [2.45, 2.75) is 59.7 Å². The molecule has 0 fully saturated rings. The largest absolute Gasteiger partial charge is 0.456 e. The van der Waals surface area contributed by atoms with E-state index in [9.17, 15) is 14.4 Å². The van der Waals surface area contributed by atoms with E-state index in [0.717, 1.165) is 5.56 Å². The lowest BCUT2D eigenvalue weighted by Crippen LogP contribution is -2.51. The number of Topliss-reactive ketones (excluding diaryl/α,β-unsaturated/α-hetero) is 1. The molecule has 0 amide bonds. The second-order valence-electron chi connectivity index (χ2n) is 6.13. The highest BCUT2D eigenvalue weighted by atomic mass is 16.6. The average molecular weight is 322 g/mol. The van der Waals surface area contributed by atoms with Crippen molar-refractivity contribution in [2.24, 2.45) is 0 Å². The number of hydrogen-bond acceptors (Lipinski definition) is 5. The van der Waals surface area contributed by atoms with Gasteiger partial charge in [0.2, 0.25) is 0 Å². The van der Waals surface area contributed by atoms with Crippen LogP contribution in [0.15, 0.2) is 30.3 Å². The quantitative estimate of drug-likeness (QED) is 0.626. The van der Waals surface area contributed by atoms with Crippen LogP contribution in [0.3, 0.4) is 0 Å². The summed E-state index contributed by atoms with van der Waals surface area (Å²) in [5.41, 5.74) is -0.910. The third-order valence-electron chi connectivity index (χ3n) is 3.43. The minimum atomic E-state index is -0.843. The van der Waals surface area contributed by atoms with Crippen molar-refractivity contribution in [3.63, 3.8) is 0 Å². The molecule has 0 aliphatic heterocycles. The summed E-state index contributed by atoms with van der Waals surface area (Å²) in [5, 5.41) is 0. The molecule has 0 aromatic heterocycles. The fourth-order valence-corrected chi connectivity index (χ4v) is 1.64. The highest BCUT2D eigenvalue weighted by molar-refractivity contribution is 5.93. The first-order chi connectivity index (χ1) is 10.4. The van der Waals surface area contributed by atoms with E-state index in [1.165, 1.54) is 13.8 Å². The summed E-state index contributed by atoms with van der Waals surface area (Å²) < 4.78 is 10.2. The molecule has 0 unspecified atom stereocenters. The van der Waals surface area contributed by atoms with E-state index in [1.807, 2.05) is 30.3 Å². The van der Waals surface area contributed by atoms with Crippen LogP contribution < -0.4 is 0 Å². The fraction of sp³-hybridized carbons (Fsp3) is 0.500. The van der Waals surface area contributed by atoms with Gasteiger partial charge in [-0.1, -0.05) is 30.3 Å². The Morgan fingerprint density at radius 2 is 1.09 bits per heavy atom. The number of ether oxygens (including phenoxy) is 2. The molecule has 1 aromatic rings. The molecule has 0 spiro atoms. The molecule has 1 aromatic carbocycles. The van der Waals surface area contributed by atoms with E-state index in [1.54, 1.807) is 34.6 Å². The minimum absolute atomic E-state index is 0.121. The van der Waals surface area contributed by atoms with E-state index in [0.29, 0.717) is 0 Å². The maximum atomic E-state index is 10.8. The van der Waals surface area contributed by atoms with E-state index < -0.39 is 23.1 Å². The van der Waals surface area contributed by atoms with Crippen molar-refractivity contribution in [1.82, 2.24) is 0 Å². The SMILES string of the molecule is CC(=O)OC(C)(C)C(C)(C)OC(C)=O.CC(=O)c1ccccc1. The number of carbonyl (C=O) groups is 3. The lowest BCUT2D eigenvalue weighted by molar-refractivity contribution is -0.196. The van der Waals surface area contributed by atoms with Gasteiger partial charge in [0, 0.05) is 19.4 Å². The van der Waals surface area contributed by atoms with Crippen LogP contribution in [0.2, 0.25) is 0 Å². The highest BCUT2D eigenvalue weighted by Crippen LogP contribution is 2.29. The van der Waals surface area contributed by atoms with Crippen molar-refractivity contribution < 1.29 is 23.9 Å². The molecule has 1 rings (SSSR count). The van der Waals surface area contributed by atoms with Crippen molar-refractivity contribution in [3.8, 4) is 0 Å². The molecule has 0 saturated heterocycles. The molecule has 0 bridgehead atoms. The molecule has 0 radical (unpaired) electrons. The van der Waals surface area contributed by atoms with E-state index in [2.05, 4.69) is 0 Å². The van der Waals surface area contributed by atoms with Gasteiger partial charge in [-0.05, 0) is 34.6 Å². The fourth-order valence-electron chi connectivity index (χ4n) is 1.64. The molecule has 0 N–H and O–H groups in total. The number of rotatable bonds is 4. The molecular formula is C18H26O5. The second kappa shape index (κ2) is 8.46. The van der Waals surface area contributed by atoms with Gasteiger partial charge in [-0.25, -0.2) is 0 Å². The van der Waals surface area contributed by atoms with Crippen molar-refractivity contribution in [2.75, 3.05) is 0 Å². The number of ketones is 1. The molecular weight excluding hydrogens is 296 g/mol. The van der Waals surface area contributed by atoms with Crippen LogP contribution in [-0.2, 0) is 19.1 Å². The predicted molar refractivity (Wildman–Crippen MR) is 88.1 cm³/mol.